The lowest BCUT2D eigenvalue weighted by molar-refractivity contribution is -0.133. The third-order valence-electron chi connectivity index (χ3n) is 6.12. The molecule has 1 saturated carbocycles. The highest BCUT2D eigenvalue weighted by Crippen LogP contribution is 2.40. The van der Waals surface area contributed by atoms with E-state index in [0.717, 1.165) is 51.0 Å². The molecule has 0 spiro atoms. The van der Waals surface area contributed by atoms with Crippen LogP contribution in [0.4, 0.5) is 23.3 Å². The summed E-state index contributed by atoms with van der Waals surface area (Å²) in [7, 11) is 1.95. The van der Waals surface area contributed by atoms with Gasteiger partial charge >= 0.3 is 0 Å². The van der Waals surface area contributed by atoms with Crippen molar-refractivity contribution in [3.8, 4) is 5.75 Å². The first-order valence-corrected chi connectivity index (χ1v) is 11.4. The van der Waals surface area contributed by atoms with Crippen molar-refractivity contribution in [1.29, 1.82) is 0 Å². The van der Waals surface area contributed by atoms with Crippen molar-refractivity contribution >= 4 is 29.2 Å². The molecule has 1 aliphatic carbocycles. The van der Waals surface area contributed by atoms with Crippen LogP contribution < -0.4 is 25.2 Å². The van der Waals surface area contributed by atoms with Gasteiger partial charge in [0.1, 0.15) is 5.82 Å². The summed E-state index contributed by atoms with van der Waals surface area (Å²) in [6.07, 6.45) is 7.71. The molecule has 0 unspecified atom stereocenters. The SMILES string of the molecule is CCN(CCNC)c1ccc(Nc2ncc3c(n2)N(C2CCCC2)C(=O)C(C)(C)O3)nc1. The average molecular weight is 440 g/mol. The minimum atomic E-state index is -0.927. The summed E-state index contributed by atoms with van der Waals surface area (Å²) < 4.78 is 5.94. The Morgan fingerprint density at radius 3 is 2.66 bits per heavy atom. The van der Waals surface area contributed by atoms with E-state index in [9.17, 15) is 4.79 Å². The number of amides is 1. The van der Waals surface area contributed by atoms with Crippen LogP contribution in [0, 0.1) is 0 Å². The molecule has 3 heterocycles. The maximum Gasteiger partial charge on any atom is 0.272 e. The van der Waals surface area contributed by atoms with Gasteiger partial charge in [0.2, 0.25) is 5.95 Å². The van der Waals surface area contributed by atoms with Crippen LogP contribution in [0.3, 0.4) is 0 Å². The number of hydrogen-bond donors (Lipinski definition) is 2. The normalized spacial score (nSPS) is 17.8. The molecular formula is C23H33N7O2. The molecule has 2 aliphatic rings. The number of ether oxygens (including phenoxy) is 1. The Hall–Kier alpha value is -2.94. The van der Waals surface area contributed by atoms with E-state index in [1.807, 2.05) is 30.3 Å². The van der Waals surface area contributed by atoms with E-state index in [0.29, 0.717) is 23.3 Å². The summed E-state index contributed by atoms with van der Waals surface area (Å²) >= 11 is 0. The number of rotatable bonds is 8. The molecule has 32 heavy (non-hydrogen) atoms. The summed E-state index contributed by atoms with van der Waals surface area (Å²) in [6, 6.07) is 4.11. The highest BCUT2D eigenvalue weighted by atomic mass is 16.5. The van der Waals surface area contributed by atoms with Crippen molar-refractivity contribution in [3.05, 3.63) is 24.5 Å². The molecule has 2 aromatic heterocycles. The number of nitrogens with one attached hydrogen (secondary N) is 2. The number of anilines is 4. The van der Waals surface area contributed by atoms with E-state index >= 15 is 0 Å². The van der Waals surface area contributed by atoms with Gasteiger partial charge in [-0.3, -0.25) is 9.69 Å². The smallest absolute Gasteiger partial charge is 0.272 e. The molecule has 1 aliphatic heterocycles. The fourth-order valence-corrected chi connectivity index (χ4v) is 4.35. The van der Waals surface area contributed by atoms with Crippen molar-refractivity contribution in [2.45, 2.75) is 58.1 Å². The molecule has 1 amide bonds. The van der Waals surface area contributed by atoms with E-state index in [1.54, 1.807) is 20.0 Å². The number of hydrogen-bond acceptors (Lipinski definition) is 8. The topological polar surface area (TPSA) is 95.5 Å². The van der Waals surface area contributed by atoms with Gasteiger partial charge in [0, 0.05) is 25.7 Å². The van der Waals surface area contributed by atoms with Crippen LogP contribution in [-0.2, 0) is 4.79 Å². The Labute approximate surface area is 189 Å². The van der Waals surface area contributed by atoms with Gasteiger partial charge in [0.25, 0.3) is 5.91 Å². The zero-order valence-electron chi connectivity index (χ0n) is 19.4. The van der Waals surface area contributed by atoms with Crippen molar-refractivity contribution in [3.63, 3.8) is 0 Å². The lowest BCUT2D eigenvalue weighted by Crippen LogP contribution is -2.55. The van der Waals surface area contributed by atoms with Crippen molar-refractivity contribution in [1.82, 2.24) is 20.3 Å². The summed E-state index contributed by atoms with van der Waals surface area (Å²) in [4.78, 5) is 30.9. The third kappa shape index (κ3) is 4.48. The first-order chi connectivity index (χ1) is 15.4. The van der Waals surface area contributed by atoms with E-state index in [1.165, 1.54) is 0 Å². The molecule has 0 radical (unpaired) electrons. The zero-order chi connectivity index (χ0) is 22.7. The van der Waals surface area contributed by atoms with Crippen LogP contribution in [0.5, 0.6) is 5.75 Å². The van der Waals surface area contributed by atoms with Gasteiger partial charge in [-0.25, -0.2) is 9.97 Å². The van der Waals surface area contributed by atoms with Crippen LogP contribution in [0.25, 0.3) is 0 Å². The number of pyridine rings is 1. The molecule has 1 fully saturated rings. The van der Waals surface area contributed by atoms with E-state index in [-0.39, 0.29) is 11.9 Å². The third-order valence-corrected chi connectivity index (χ3v) is 6.12. The number of carbonyl (C=O) groups excluding carboxylic acids is 1. The Kier molecular flexibility index (Phi) is 6.45. The number of nitrogens with zero attached hydrogens (tertiary/aromatic N) is 5. The summed E-state index contributed by atoms with van der Waals surface area (Å²) in [5.74, 6) is 2.07. The number of aromatic nitrogens is 3. The predicted octanol–water partition coefficient (Wildman–Crippen LogP) is 3.11. The van der Waals surface area contributed by atoms with E-state index < -0.39 is 5.60 Å². The second-order valence-electron chi connectivity index (χ2n) is 8.82. The van der Waals surface area contributed by atoms with Crippen LogP contribution in [-0.4, -0.2) is 59.2 Å². The van der Waals surface area contributed by atoms with Crippen LogP contribution in [0.1, 0.15) is 46.5 Å². The highest BCUT2D eigenvalue weighted by Gasteiger charge is 2.45. The Bertz CT molecular complexity index is 942. The predicted molar refractivity (Wildman–Crippen MR) is 126 cm³/mol. The number of fused-ring (bicyclic) bond motifs is 1. The largest absolute Gasteiger partial charge is 0.472 e. The molecule has 2 N–H and O–H groups in total. The van der Waals surface area contributed by atoms with E-state index in [4.69, 9.17) is 4.74 Å². The van der Waals surface area contributed by atoms with Crippen LogP contribution in [0.2, 0.25) is 0 Å². The quantitative estimate of drug-likeness (QED) is 0.648. The lowest BCUT2D eigenvalue weighted by atomic mass is 10.0. The molecule has 9 nitrogen and oxygen atoms in total. The van der Waals surface area contributed by atoms with Gasteiger partial charge in [0.15, 0.2) is 17.2 Å². The van der Waals surface area contributed by atoms with Crippen LogP contribution >= 0.6 is 0 Å². The van der Waals surface area contributed by atoms with Gasteiger partial charge in [0.05, 0.1) is 18.1 Å². The molecule has 0 atom stereocenters. The number of likely N-dealkylation sites (N-methyl/N-ethyl adjacent to an activating group) is 2. The molecule has 0 bridgehead atoms. The fourth-order valence-electron chi connectivity index (χ4n) is 4.35. The number of carbonyl (C=O) groups is 1. The second kappa shape index (κ2) is 9.28. The van der Waals surface area contributed by atoms with Gasteiger partial charge in [-0.05, 0) is 52.8 Å². The highest BCUT2D eigenvalue weighted by molar-refractivity contribution is 6.02. The Morgan fingerprint density at radius 1 is 1.22 bits per heavy atom. The monoisotopic (exact) mass is 439 g/mol. The van der Waals surface area contributed by atoms with Gasteiger partial charge in [-0.2, -0.15) is 4.98 Å². The van der Waals surface area contributed by atoms with Gasteiger partial charge in [-0.15, -0.1) is 0 Å². The maximum absolute atomic E-state index is 13.2. The van der Waals surface area contributed by atoms with Crippen LogP contribution in [0.15, 0.2) is 24.5 Å². The molecule has 9 heteroatoms. The summed E-state index contributed by atoms with van der Waals surface area (Å²) in [5, 5.41) is 6.34. The molecule has 2 aromatic rings. The molecule has 172 valence electrons. The fraction of sp³-hybridized carbons (Fsp3) is 0.565. The summed E-state index contributed by atoms with van der Waals surface area (Å²) in [6.45, 7) is 8.46. The average Bonchev–Trinajstić information content (AvgIpc) is 3.31. The van der Waals surface area contributed by atoms with Gasteiger partial charge in [-0.1, -0.05) is 12.8 Å². The molecule has 0 aromatic carbocycles. The maximum atomic E-state index is 13.2. The summed E-state index contributed by atoms with van der Waals surface area (Å²) in [5.41, 5.74) is 0.136. The van der Waals surface area contributed by atoms with Crippen molar-refractivity contribution in [2.75, 3.05) is 41.8 Å². The van der Waals surface area contributed by atoms with Gasteiger partial charge < -0.3 is 20.3 Å². The molecule has 0 saturated heterocycles. The standard InChI is InChI=1S/C23H33N7O2/c1-5-29(13-12-24-4)17-10-11-19(25-14-17)27-22-26-15-18-20(28-22)30(16-8-6-7-9-16)21(31)23(2,3)32-18/h10-11,14-16,24H,5-9,12-13H2,1-4H3,(H,25,26,27,28). The first-order valence-electron chi connectivity index (χ1n) is 11.4. The molecule has 4 rings (SSSR count). The Balaban J connectivity index is 1.55. The van der Waals surface area contributed by atoms with Crippen molar-refractivity contribution < 1.29 is 9.53 Å². The second-order valence-corrected chi connectivity index (χ2v) is 8.82. The Morgan fingerprint density at radius 2 is 2.00 bits per heavy atom. The minimum absolute atomic E-state index is 0.0507. The first kappa shape index (κ1) is 22.3. The van der Waals surface area contributed by atoms with Crippen molar-refractivity contribution in [2.24, 2.45) is 0 Å². The van der Waals surface area contributed by atoms with E-state index in [2.05, 4.69) is 37.4 Å². The molecular weight excluding hydrogens is 406 g/mol. The zero-order valence-corrected chi connectivity index (χ0v) is 19.4. The lowest BCUT2D eigenvalue weighted by Gasteiger charge is -2.40. The minimum Gasteiger partial charge on any atom is -0.472 e.